The molecule has 1 atom stereocenters. The van der Waals surface area contributed by atoms with Gasteiger partial charge in [0.2, 0.25) is 5.91 Å². The number of ether oxygens (including phenoxy) is 2. The molecule has 3 fully saturated rings. The highest BCUT2D eigenvalue weighted by Gasteiger charge is 2.51. The van der Waals surface area contributed by atoms with Gasteiger partial charge in [-0.3, -0.25) is 4.79 Å². The largest absolute Gasteiger partial charge is 0.372 e. The van der Waals surface area contributed by atoms with E-state index >= 15 is 0 Å². The van der Waals surface area contributed by atoms with Gasteiger partial charge in [0.05, 0.1) is 36.5 Å². The maximum absolute atomic E-state index is 12.0. The Labute approximate surface area is 134 Å². The molecule has 22 heavy (non-hydrogen) atoms. The number of aromatic nitrogens is 1. The number of likely N-dealkylation sites (tertiary alicyclic amines) is 1. The predicted octanol–water partition coefficient (Wildman–Crippen LogP) is 2.14. The molecule has 1 aliphatic carbocycles. The highest BCUT2D eigenvalue weighted by atomic mass is 32.1. The lowest BCUT2D eigenvalue weighted by atomic mass is 9.84. The van der Waals surface area contributed by atoms with Gasteiger partial charge in [0.25, 0.3) is 0 Å². The number of nitrogens with zero attached hydrogens (tertiary/aromatic N) is 2. The summed E-state index contributed by atoms with van der Waals surface area (Å²) in [4.78, 5) is 18.4. The van der Waals surface area contributed by atoms with Crippen LogP contribution >= 0.6 is 11.3 Å². The Bertz CT molecular complexity index is 563. The summed E-state index contributed by atoms with van der Waals surface area (Å²) in [7, 11) is 0. The van der Waals surface area contributed by atoms with Crippen molar-refractivity contribution in [1.82, 2.24) is 9.88 Å². The van der Waals surface area contributed by atoms with Crippen molar-refractivity contribution in [1.29, 1.82) is 0 Å². The van der Waals surface area contributed by atoms with Gasteiger partial charge >= 0.3 is 0 Å². The molecule has 3 heterocycles. The Morgan fingerprint density at radius 2 is 2.32 bits per heavy atom. The second kappa shape index (κ2) is 5.58. The zero-order valence-corrected chi connectivity index (χ0v) is 13.7. The number of hydrogen-bond donors (Lipinski definition) is 0. The van der Waals surface area contributed by atoms with Gasteiger partial charge in [-0.15, -0.1) is 11.3 Å². The normalized spacial score (nSPS) is 27.0. The van der Waals surface area contributed by atoms with E-state index in [0.717, 1.165) is 56.1 Å². The molecular formula is C16H22N2O3S. The van der Waals surface area contributed by atoms with Crippen LogP contribution in [0.2, 0.25) is 0 Å². The number of carbonyl (C=O) groups is 1. The third kappa shape index (κ3) is 2.92. The van der Waals surface area contributed by atoms with Crippen molar-refractivity contribution >= 4 is 17.2 Å². The first-order chi connectivity index (χ1) is 10.6. The van der Waals surface area contributed by atoms with Crippen LogP contribution < -0.4 is 0 Å². The first kappa shape index (κ1) is 14.6. The fraction of sp³-hybridized carbons (Fsp3) is 0.750. The van der Waals surface area contributed by atoms with Crippen molar-refractivity contribution in [2.75, 3.05) is 19.7 Å². The Hall–Kier alpha value is -0.980. The van der Waals surface area contributed by atoms with Crippen LogP contribution in [0.3, 0.4) is 0 Å². The zero-order valence-electron chi connectivity index (χ0n) is 12.9. The van der Waals surface area contributed by atoms with Crippen molar-refractivity contribution < 1.29 is 14.3 Å². The lowest BCUT2D eigenvalue weighted by Crippen LogP contribution is -2.67. The molecule has 1 aromatic rings. The summed E-state index contributed by atoms with van der Waals surface area (Å²) in [5.74, 6) is 0.635. The van der Waals surface area contributed by atoms with E-state index in [1.165, 1.54) is 0 Å². The summed E-state index contributed by atoms with van der Waals surface area (Å²) < 4.78 is 12.0. The molecule has 0 N–H and O–H groups in total. The maximum Gasteiger partial charge on any atom is 0.225 e. The number of amides is 1. The molecule has 1 saturated carbocycles. The molecule has 0 aromatic carbocycles. The molecule has 6 heteroatoms. The lowest BCUT2D eigenvalue weighted by Gasteiger charge is -2.53. The molecule has 0 bridgehead atoms. The third-order valence-corrected chi connectivity index (χ3v) is 5.60. The summed E-state index contributed by atoms with van der Waals surface area (Å²) in [6.07, 6.45) is 4.18. The van der Waals surface area contributed by atoms with E-state index in [4.69, 9.17) is 9.47 Å². The molecule has 0 unspecified atom stereocenters. The molecule has 2 aliphatic heterocycles. The molecule has 120 valence electrons. The molecule has 3 aliphatic rings. The van der Waals surface area contributed by atoms with E-state index < -0.39 is 0 Å². The minimum atomic E-state index is -0.147. The van der Waals surface area contributed by atoms with Crippen molar-refractivity contribution in [3.8, 4) is 0 Å². The number of hydrogen-bond acceptors (Lipinski definition) is 5. The van der Waals surface area contributed by atoms with Gasteiger partial charge in [0.15, 0.2) is 0 Å². The minimum absolute atomic E-state index is 0.147. The molecule has 2 saturated heterocycles. The van der Waals surface area contributed by atoms with Crippen LogP contribution in [0, 0.1) is 12.8 Å². The van der Waals surface area contributed by atoms with E-state index in [2.05, 4.69) is 10.4 Å². The van der Waals surface area contributed by atoms with E-state index in [1.807, 2.05) is 11.8 Å². The Kier molecular flexibility index (Phi) is 3.71. The minimum Gasteiger partial charge on any atom is -0.372 e. The van der Waals surface area contributed by atoms with Gasteiger partial charge in [-0.2, -0.15) is 0 Å². The van der Waals surface area contributed by atoms with Crippen LogP contribution in [-0.4, -0.2) is 47.2 Å². The van der Waals surface area contributed by atoms with Crippen molar-refractivity contribution in [2.45, 2.75) is 50.9 Å². The summed E-state index contributed by atoms with van der Waals surface area (Å²) in [5.41, 5.74) is 0.869. The highest BCUT2D eigenvalue weighted by molar-refractivity contribution is 7.09. The standard InChI is InChI=1S/C16H22N2O3S/c1-11-17-13(8-22-11)7-20-14-4-5-21-16(6-14)9-18(10-16)15(19)12-2-3-12/h8,12,14H,2-7,9-10H2,1H3/t14-/m1/s1. The van der Waals surface area contributed by atoms with Crippen LogP contribution in [0.25, 0.3) is 0 Å². The topological polar surface area (TPSA) is 51.7 Å². The summed E-state index contributed by atoms with van der Waals surface area (Å²) in [6.45, 7) is 4.81. The fourth-order valence-corrected chi connectivity index (χ4v) is 4.01. The first-order valence-corrected chi connectivity index (χ1v) is 8.97. The average molecular weight is 322 g/mol. The van der Waals surface area contributed by atoms with Crippen LogP contribution in [0.1, 0.15) is 36.4 Å². The van der Waals surface area contributed by atoms with Gasteiger partial charge in [0.1, 0.15) is 5.60 Å². The predicted molar refractivity (Wildman–Crippen MR) is 82.6 cm³/mol. The van der Waals surface area contributed by atoms with Crippen molar-refractivity contribution in [2.24, 2.45) is 5.92 Å². The second-order valence-corrected chi connectivity index (χ2v) is 7.85. The Morgan fingerprint density at radius 1 is 1.50 bits per heavy atom. The van der Waals surface area contributed by atoms with Crippen LogP contribution in [0.15, 0.2) is 5.38 Å². The second-order valence-electron chi connectivity index (χ2n) is 6.78. The smallest absolute Gasteiger partial charge is 0.225 e. The van der Waals surface area contributed by atoms with E-state index in [-0.39, 0.29) is 11.7 Å². The van der Waals surface area contributed by atoms with Crippen molar-refractivity contribution in [3.63, 3.8) is 0 Å². The van der Waals surface area contributed by atoms with Gasteiger partial charge in [-0.05, 0) is 26.2 Å². The highest BCUT2D eigenvalue weighted by Crippen LogP contribution is 2.39. The van der Waals surface area contributed by atoms with Crippen LogP contribution in [0.4, 0.5) is 0 Å². The Balaban J connectivity index is 1.28. The molecule has 1 amide bonds. The maximum atomic E-state index is 12.0. The number of carbonyl (C=O) groups excluding carboxylic acids is 1. The third-order valence-electron chi connectivity index (χ3n) is 4.78. The lowest BCUT2D eigenvalue weighted by molar-refractivity contribution is -0.203. The molecule has 4 rings (SSSR count). The molecule has 5 nitrogen and oxygen atoms in total. The van der Waals surface area contributed by atoms with E-state index in [1.54, 1.807) is 11.3 Å². The van der Waals surface area contributed by atoms with E-state index in [0.29, 0.717) is 18.4 Å². The number of rotatable bonds is 4. The molecule has 1 aromatic heterocycles. The van der Waals surface area contributed by atoms with Gasteiger partial charge < -0.3 is 14.4 Å². The molecular weight excluding hydrogens is 300 g/mol. The van der Waals surface area contributed by atoms with E-state index in [9.17, 15) is 4.79 Å². The quantitative estimate of drug-likeness (QED) is 0.852. The number of aryl methyl sites for hydroxylation is 1. The average Bonchev–Trinajstić information content (AvgIpc) is 3.25. The SMILES string of the molecule is Cc1nc(CO[C@@H]2CCOC3(C2)CN(C(=O)C2CC2)C3)cs1. The molecule has 1 spiro atoms. The van der Waals surface area contributed by atoms with Crippen molar-refractivity contribution in [3.05, 3.63) is 16.1 Å². The summed E-state index contributed by atoms with van der Waals surface area (Å²) >= 11 is 1.66. The Morgan fingerprint density at radius 3 is 3.00 bits per heavy atom. The summed E-state index contributed by atoms with van der Waals surface area (Å²) in [5, 5.41) is 3.14. The summed E-state index contributed by atoms with van der Waals surface area (Å²) in [6, 6.07) is 0. The molecule has 0 radical (unpaired) electrons. The number of thiazole rings is 1. The van der Waals surface area contributed by atoms with Gasteiger partial charge in [-0.25, -0.2) is 4.98 Å². The monoisotopic (exact) mass is 322 g/mol. The van der Waals surface area contributed by atoms with Crippen LogP contribution in [0.5, 0.6) is 0 Å². The van der Waals surface area contributed by atoms with Gasteiger partial charge in [-0.1, -0.05) is 0 Å². The first-order valence-electron chi connectivity index (χ1n) is 8.09. The van der Waals surface area contributed by atoms with Crippen LogP contribution in [-0.2, 0) is 20.9 Å². The zero-order chi connectivity index (χ0) is 15.2. The fourth-order valence-electron chi connectivity index (χ4n) is 3.42. The van der Waals surface area contributed by atoms with Gasteiger partial charge in [0, 0.05) is 24.3 Å².